The van der Waals surface area contributed by atoms with Gasteiger partial charge in [-0.15, -0.1) is 0 Å². The summed E-state index contributed by atoms with van der Waals surface area (Å²) in [6, 6.07) is -3.06. The van der Waals surface area contributed by atoms with Crippen LogP contribution >= 0.6 is 0 Å². The van der Waals surface area contributed by atoms with Crippen molar-refractivity contribution in [2.45, 2.75) is 274 Å². The summed E-state index contributed by atoms with van der Waals surface area (Å²) >= 11 is 0. The zero-order valence-electron chi connectivity index (χ0n) is 52.8. The molecule has 4 aliphatic carbocycles. The van der Waals surface area contributed by atoms with Crippen LogP contribution in [-0.2, 0) is 61.8 Å². The third kappa shape index (κ3) is 14.1. The van der Waals surface area contributed by atoms with E-state index < -0.39 is 204 Å². The van der Waals surface area contributed by atoms with Gasteiger partial charge in [0.05, 0.1) is 39.1 Å². The summed E-state index contributed by atoms with van der Waals surface area (Å²) in [7, 11) is 0. The van der Waals surface area contributed by atoms with Gasteiger partial charge in [0.15, 0.2) is 37.2 Å². The lowest BCUT2D eigenvalue weighted by Crippen LogP contribution is -2.68. The maximum Gasteiger partial charge on any atom is 0.217 e. The quantitative estimate of drug-likeness (QED) is 0.0436. The monoisotopic (exact) mass is 1290 g/mol. The molecule has 0 aromatic heterocycles. The van der Waals surface area contributed by atoms with Gasteiger partial charge in [-0.1, -0.05) is 51.3 Å². The molecule has 0 spiro atoms. The summed E-state index contributed by atoms with van der Waals surface area (Å²) in [5.74, 6) is -0.00445. The van der Waals surface area contributed by atoms with E-state index in [9.17, 15) is 80.8 Å². The van der Waals surface area contributed by atoms with E-state index in [1.165, 1.54) is 5.57 Å². The molecule has 31 unspecified atom stereocenters. The first kappa shape index (κ1) is 71.5. The van der Waals surface area contributed by atoms with Gasteiger partial charge < -0.3 is 124 Å². The van der Waals surface area contributed by atoms with Crippen LogP contribution < -0.4 is 10.6 Å². The molecular weight excluding hydrogens is 1190 g/mol. The van der Waals surface area contributed by atoms with E-state index in [4.69, 9.17) is 47.4 Å². The van der Waals surface area contributed by atoms with Crippen molar-refractivity contribution >= 4 is 17.6 Å². The average Bonchev–Trinajstić information content (AvgIpc) is 1.19. The number of aliphatic hydroxyl groups excluding tert-OH is 13. The molecule has 5 heterocycles. The van der Waals surface area contributed by atoms with Crippen molar-refractivity contribution < 1.29 is 128 Å². The number of hydrogen-bond donors (Lipinski definition) is 15. The molecule has 0 radical (unpaired) electrons. The Morgan fingerprint density at radius 2 is 1.11 bits per heavy atom. The van der Waals surface area contributed by atoms with Crippen LogP contribution in [0.1, 0.15) is 120 Å². The van der Waals surface area contributed by atoms with Crippen molar-refractivity contribution in [1.29, 1.82) is 0 Å². The molecule has 28 heteroatoms. The molecule has 28 nitrogen and oxygen atoms in total. The molecule has 9 aliphatic rings. The van der Waals surface area contributed by atoms with Crippen molar-refractivity contribution in [2.24, 2.45) is 39.9 Å². The van der Waals surface area contributed by atoms with Gasteiger partial charge in [-0.25, -0.2) is 0 Å². The smallest absolute Gasteiger partial charge is 0.217 e. The molecule has 0 bridgehead atoms. The van der Waals surface area contributed by atoms with Crippen LogP contribution in [0.3, 0.4) is 0 Å². The highest BCUT2D eigenvalue weighted by molar-refractivity contribution is 5.90. The fourth-order valence-electron chi connectivity index (χ4n) is 17.0. The predicted octanol–water partition coefficient (Wildman–Crippen LogP) is -2.68. The molecule has 0 aromatic rings. The summed E-state index contributed by atoms with van der Waals surface area (Å²) < 4.78 is 61.9. The topological polar surface area (TPSA) is 431 Å². The highest BCUT2D eigenvalue weighted by Gasteiger charge is 2.62. The normalized spacial score (nSPS) is 47.3. The van der Waals surface area contributed by atoms with Crippen molar-refractivity contribution in [2.75, 3.05) is 33.0 Å². The van der Waals surface area contributed by atoms with E-state index in [-0.39, 0.29) is 28.4 Å². The Bertz CT molecular complexity index is 2540. The van der Waals surface area contributed by atoms with Crippen LogP contribution in [0, 0.1) is 39.9 Å². The van der Waals surface area contributed by atoms with E-state index in [0.29, 0.717) is 24.7 Å². The Morgan fingerprint density at radius 3 is 1.71 bits per heavy atom. The molecule has 5 aliphatic heterocycles. The van der Waals surface area contributed by atoms with Crippen LogP contribution in [0.15, 0.2) is 22.8 Å². The van der Waals surface area contributed by atoms with Crippen molar-refractivity contribution in [3.05, 3.63) is 22.8 Å². The molecule has 514 valence electrons. The van der Waals surface area contributed by atoms with Crippen LogP contribution in [0.2, 0.25) is 0 Å². The molecule has 15 N–H and O–H groups in total. The van der Waals surface area contributed by atoms with Crippen LogP contribution in [-0.4, -0.2) is 270 Å². The Labute approximate surface area is 524 Å². The van der Waals surface area contributed by atoms with Gasteiger partial charge in [0, 0.05) is 20.3 Å². The fraction of sp³-hybridized carbons (Fsp3) is 0.887. The number of fused-ring (bicyclic) bond motifs is 4. The second-order valence-electron chi connectivity index (χ2n) is 28.1. The van der Waals surface area contributed by atoms with Crippen molar-refractivity contribution in [3.8, 4) is 0 Å². The molecule has 0 aromatic carbocycles. The summed E-state index contributed by atoms with van der Waals surface area (Å²) in [4.78, 5) is 38.4. The SMILES string of the molecule is CC(=O)NC1C(OC2COC(OC3CCC4(C)C5=C(CCC4C3(C)C)C3CCC(C(C)CC(=O)C=C(C)C)C3(C)CC5)C(OC3OC(COC4OC(CO)C(O)C(O)C4OC4OC(CO)C(O)C(O)C4O)C(O)C(O)C3NC(C)=O)C2O)OC(CO)C(O)C1O. The third-order valence-electron chi connectivity index (χ3n) is 21.6. The number of rotatable bonds is 20. The van der Waals surface area contributed by atoms with Gasteiger partial charge in [0.2, 0.25) is 11.8 Å². The second kappa shape index (κ2) is 28.9. The van der Waals surface area contributed by atoms with E-state index in [1.54, 1.807) is 11.6 Å². The number of ether oxygens (including phenoxy) is 10. The van der Waals surface area contributed by atoms with Crippen molar-refractivity contribution in [3.63, 3.8) is 0 Å². The standard InChI is InChI=1S/C62H100N2O26/c1-25(2)18-29(70)19-26(3)31-11-12-32-30-10-13-39-60(6,7)40(15-17-62(39,9)33(30)14-16-61(31,32)8)88-59-53(47(75)38(24-82-59)87-55-41(63-27(4)68)48(76)43(71)34(20-65)83-55)89-56-42(64-28(5)69)49(77)46(74)37(86-56)23-81-58-54(51(79)45(73)36(22-67)85-58)90-57-52(80)50(78)44(72)35(21-66)84-57/h18,26,31-32,34-59,65-67,71-80H,10-17,19-24H2,1-9H3,(H,63,68)(H,64,69). The number of allylic oxidation sites excluding steroid dienone is 4. The van der Waals surface area contributed by atoms with Gasteiger partial charge in [0.1, 0.15) is 116 Å². The van der Waals surface area contributed by atoms with E-state index in [2.05, 4.69) is 45.3 Å². The van der Waals surface area contributed by atoms with Gasteiger partial charge in [-0.2, -0.15) is 0 Å². The van der Waals surface area contributed by atoms with Crippen LogP contribution in [0.4, 0.5) is 0 Å². The molecule has 90 heavy (non-hydrogen) atoms. The Hall–Kier alpha value is -2.83. The number of ketones is 1. The van der Waals surface area contributed by atoms with Crippen LogP contribution in [0.25, 0.3) is 0 Å². The lowest BCUT2D eigenvalue weighted by atomic mass is 9.45. The molecule has 7 fully saturated rings. The maximum absolute atomic E-state index is 13.0. The molecule has 2 saturated carbocycles. The Balaban J connectivity index is 0.984. The fourth-order valence-corrected chi connectivity index (χ4v) is 17.0. The first-order valence-corrected chi connectivity index (χ1v) is 31.9. The minimum atomic E-state index is -1.99. The molecule has 5 saturated heterocycles. The zero-order valence-corrected chi connectivity index (χ0v) is 52.8. The predicted molar refractivity (Wildman–Crippen MR) is 309 cm³/mol. The van der Waals surface area contributed by atoms with Crippen LogP contribution in [0.5, 0.6) is 0 Å². The van der Waals surface area contributed by atoms with Crippen molar-refractivity contribution in [1.82, 2.24) is 10.6 Å². The van der Waals surface area contributed by atoms with Gasteiger partial charge in [-0.3, -0.25) is 14.4 Å². The Kier molecular flexibility index (Phi) is 22.9. The zero-order chi connectivity index (χ0) is 65.8. The third-order valence-corrected chi connectivity index (χ3v) is 21.6. The maximum atomic E-state index is 13.0. The molecule has 31 atom stereocenters. The molecule has 2 amide bonds. The molecular formula is C62H100N2O26. The largest absolute Gasteiger partial charge is 0.394 e. The minimum Gasteiger partial charge on any atom is -0.394 e. The van der Waals surface area contributed by atoms with E-state index >= 15 is 0 Å². The molecule has 9 rings (SSSR count). The Morgan fingerprint density at radius 1 is 0.578 bits per heavy atom. The minimum absolute atomic E-state index is 0.0654. The number of nitrogens with one attached hydrogen (secondary N) is 2. The van der Waals surface area contributed by atoms with E-state index in [1.807, 2.05) is 13.8 Å². The first-order chi connectivity index (χ1) is 42.4. The number of hydrogen-bond acceptors (Lipinski definition) is 26. The number of carbonyl (C=O) groups is 3. The van der Waals surface area contributed by atoms with Gasteiger partial charge in [0.25, 0.3) is 0 Å². The number of aliphatic hydroxyl groups is 13. The summed E-state index contributed by atoms with van der Waals surface area (Å²) in [6.45, 7) is 13.8. The second-order valence-corrected chi connectivity index (χ2v) is 28.1. The highest BCUT2D eigenvalue weighted by atomic mass is 16.8. The summed E-state index contributed by atoms with van der Waals surface area (Å²) in [5, 5.41) is 147. The highest BCUT2D eigenvalue weighted by Crippen LogP contribution is 2.68. The number of amides is 2. The van der Waals surface area contributed by atoms with Gasteiger partial charge in [-0.05, 0) is 111 Å². The first-order valence-electron chi connectivity index (χ1n) is 31.9. The number of carbonyl (C=O) groups excluding carboxylic acids is 3. The summed E-state index contributed by atoms with van der Waals surface area (Å²) in [5.41, 5.74) is 3.39. The lowest BCUT2D eigenvalue weighted by Gasteiger charge is -2.61. The van der Waals surface area contributed by atoms with E-state index in [0.717, 1.165) is 64.4 Å². The lowest BCUT2D eigenvalue weighted by molar-refractivity contribution is -0.379. The van der Waals surface area contributed by atoms with Gasteiger partial charge >= 0.3 is 0 Å². The average molecular weight is 1290 g/mol. The summed E-state index contributed by atoms with van der Waals surface area (Å²) in [6.07, 6.45) is -29.4.